The second-order valence-electron chi connectivity index (χ2n) is 7.91. The Morgan fingerprint density at radius 3 is 2.00 bits per heavy atom. The molecule has 26 heavy (non-hydrogen) atoms. The molecule has 5 nitrogen and oxygen atoms in total. The summed E-state index contributed by atoms with van der Waals surface area (Å²) in [4.78, 5) is 41.5. The van der Waals surface area contributed by atoms with Crippen LogP contribution in [0.4, 0.5) is 5.69 Å². The van der Waals surface area contributed by atoms with Crippen molar-refractivity contribution in [2.24, 2.45) is 23.7 Å². The molecule has 2 heterocycles. The zero-order valence-electron chi connectivity index (χ0n) is 14.6. The Balaban J connectivity index is 1.37. The molecule has 5 rings (SSSR count). The van der Waals surface area contributed by atoms with E-state index >= 15 is 0 Å². The van der Waals surface area contributed by atoms with Crippen molar-refractivity contribution in [2.45, 2.75) is 25.7 Å². The number of nitrogens with zero attached hydrogens (tertiary/aromatic N) is 2. The Kier molecular flexibility index (Phi) is 3.52. The average molecular weight is 350 g/mol. The predicted octanol–water partition coefficient (Wildman–Crippen LogP) is 2.62. The Labute approximate surface area is 152 Å². The first kappa shape index (κ1) is 15.8. The summed E-state index contributed by atoms with van der Waals surface area (Å²) < 4.78 is 0. The second-order valence-corrected chi connectivity index (χ2v) is 7.91. The number of allylic oxidation sites excluding steroid dienone is 2. The lowest BCUT2D eigenvalue weighted by molar-refractivity contribution is -0.123. The van der Waals surface area contributed by atoms with Gasteiger partial charge in [0.15, 0.2) is 0 Å². The van der Waals surface area contributed by atoms with Gasteiger partial charge >= 0.3 is 0 Å². The lowest BCUT2D eigenvalue weighted by atomic mass is 9.85. The van der Waals surface area contributed by atoms with Gasteiger partial charge in [-0.1, -0.05) is 12.2 Å². The van der Waals surface area contributed by atoms with Gasteiger partial charge in [-0.25, -0.2) is 0 Å². The van der Waals surface area contributed by atoms with Gasteiger partial charge in [-0.05, 0) is 61.8 Å². The quantitative estimate of drug-likeness (QED) is 0.609. The van der Waals surface area contributed by atoms with Gasteiger partial charge in [0.1, 0.15) is 0 Å². The van der Waals surface area contributed by atoms with Crippen molar-refractivity contribution < 1.29 is 14.4 Å². The summed E-state index contributed by atoms with van der Waals surface area (Å²) in [6.45, 7) is 1.62. The monoisotopic (exact) mass is 350 g/mol. The third-order valence-corrected chi connectivity index (χ3v) is 6.49. The summed E-state index contributed by atoms with van der Waals surface area (Å²) in [5, 5.41) is 0. The van der Waals surface area contributed by atoms with Crippen LogP contribution in [-0.4, -0.2) is 35.7 Å². The van der Waals surface area contributed by atoms with Gasteiger partial charge < -0.3 is 4.90 Å². The maximum Gasteiger partial charge on any atom is 0.253 e. The molecule has 2 bridgehead atoms. The maximum absolute atomic E-state index is 12.8. The van der Waals surface area contributed by atoms with Crippen LogP contribution in [0, 0.1) is 23.7 Å². The molecule has 2 saturated heterocycles. The zero-order valence-corrected chi connectivity index (χ0v) is 14.6. The molecule has 1 aromatic rings. The van der Waals surface area contributed by atoms with Crippen LogP contribution >= 0.6 is 0 Å². The minimum Gasteiger partial charge on any atom is -0.339 e. The fourth-order valence-corrected chi connectivity index (χ4v) is 5.19. The van der Waals surface area contributed by atoms with Crippen molar-refractivity contribution in [3.63, 3.8) is 0 Å². The Hall–Kier alpha value is -2.43. The lowest BCUT2D eigenvalue weighted by Crippen LogP contribution is -2.35. The highest BCUT2D eigenvalue weighted by Gasteiger charge is 2.59. The molecule has 4 atom stereocenters. The molecule has 0 spiro atoms. The number of likely N-dealkylation sites (tertiary alicyclic amines) is 1. The largest absolute Gasteiger partial charge is 0.339 e. The highest BCUT2D eigenvalue weighted by atomic mass is 16.2. The molecular formula is C21H22N2O3. The van der Waals surface area contributed by atoms with E-state index < -0.39 is 0 Å². The summed E-state index contributed by atoms with van der Waals surface area (Å²) in [5.74, 6) is -0.0644. The Morgan fingerprint density at radius 2 is 1.42 bits per heavy atom. The third-order valence-electron chi connectivity index (χ3n) is 6.49. The van der Waals surface area contributed by atoms with E-state index in [-0.39, 0.29) is 41.4 Å². The fraction of sp³-hybridized carbons (Fsp3) is 0.476. The van der Waals surface area contributed by atoms with Crippen LogP contribution in [0.5, 0.6) is 0 Å². The van der Waals surface area contributed by atoms with E-state index in [2.05, 4.69) is 12.2 Å². The highest BCUT2D eigenvalue weighted by molar-refractivity contribution is 6.22. The number of imide groups is 1. The zero-order chi connectivity index (χ0) is 17.8. The summed E-state index contributed by atoms with van der Waals surface area (Å²) in [7, 11) is 0. The molecular weight excluding hydrogens is 328 g/mol. The van der Waals surface area contributed by atoms with Gasteiger partial charge in [-0.15, -0.1) is 0 Å². The second kappa shape index (κ2) is 5.79. The van der Waals surface area contributed by atoms with Gasteiger partial charge in [-0.2, -0.15) is 0 Å². The number of fused-ring (bicyclic) bond motifs is 5. The molecule has 4 aliphatic rings. The van der Waals surface area contributed by atoms with E-state index in [4.69, 9.17) is 0 Å². The molecule has 0 N–H and O–H groups in total. The Morgan fingerprint density at radius 1 is 0.846 bits per heavy atom. The summed E-state index contributed by atoms with van der Waals surface area (Å²) >= 11 is 0. The number of rotatable bonds is 2. The summed E-state index contributed by atoms with van der Waals surface area (Å²) in [6.07, 6.45) is 8.42. The van der Waals surface area contributed by atoms with E-state index in [1.165, 1.54) is 11.3 Å². The van der Waals surface area contributed by atoms with Crippen LogP contribution < -0.4 is 4.90 Å². The minimum atomic E-state index is -0.188. The van der Waals surface area contributed by atoms with Crippen molar-refractivity contribution in [1.29, 1.82) is 0 Å². The molecule has 0 radical (unpaired) electrons. The molecule has 1 saturated carbocycles. The molecule has 2 aliphatic carbocycles. The third kappa shape index (κ3) is 2.19. The molecule has 3 amide bonds. The van der Waals surface area contributed by atoms with Gasteiger partial charge in [0, 0.05) is 18.7 Å². The highest BCUT2D eigenvalue weighted by Crippen LogP contribution is 2.53. The van der Waals surface area contributed by atoms with Gasteiger partial charge in [0.05, 0.1) is 17.5 Å². The molecule has 1 aromatic carbocycles. The van der Waals surface area contributed by atoms with Crippen molar-refractivity contribution >= 4 is 23.4 Å². The number of amides is 3. The minimum absolute atomic E-state index is 0.0365. The van der Waals surface area contributed by atoms with E-state index in [0.29, 0.717) is 11.3 Å². The molecule has 5 heteroatoms. The SMILES string of the molecule is O=C(c1ccc(N2C(=O)[C@H]3[C@H](C2=O)[C@H]2C=C[C@H]3C2)cc1)N1CCCCC1. The first-order chi connectivity index (χ1) is 12.6. The van der Waals surface area contributed by atoms with E-state index in [0.717, 1.165) is 32.4 Å². The van der Waals surface area contributed by atoms with Gasteiger partial charge in [0.2, 0.25) is 11.8 Å². The van der Waals surface area contributed by atoms with Crippen LogP contribution in [0.2, 0.25) is 0 Å². The standard InChI is InChI=1S/C21H22N2O3/c24-19(22-10-2-1-3-11-22)13-6-8-16(9-7-13)23-20(25)17-14-4-5-15(12-14)18(17)21(23)26/h4-9,14-15,17-18H,1-3,10-12H2/t14-,15-,17+,18+/m0/s1. The maximum atomic E-state index is 12.8. The van der Waals surface area contributed by atoms with Crippen LogP contribution in [0.1, 0.15) is 36.0 Å². The van der Waals surface area contributed by atoms with E-state index in [9.17, 15) is 14.4 Å². The predicted molar refractivity (Wildman–Crippen MR) is 96.4 cm³/mol. The van der Waals surface area contributed by atoms with E-state index in [1.54, 1.807) is 24.3 Å². The molecule has 0 aromatic heterocycles. The lowest BCUT2D eigenvalue weighted by Gasteiger charge is -2.27. The van der Waals surface area contributed by atoms with Crippen molar-refractivity contribution in [2.75, 3.05) is 18.0 Å². The number of benzene rings is 1. The first-order valence-corrected chi connectivity index (χ1v) is 9.60. The molecule has 2 aliphatic heterocycles. The fourth-order valence-electron chi connectivity index (χ4n) is 5.19. The van der Waals surface area contributed by atoms with Crippen LogP contribution in [0.25, 0.3) is 0 Å². The first-order valence-electron chi connectivity index (χ1n) is 9.60. The van der Waals surface area contributed by atoms with Crippen molar-refractivity contribution in [1.82, 2.24) is 4.90 Å². The van der Waals surface area contributed by atoms with Crippen molar-refractivity contribution in [3.05, 3.63) is 42.0 Å². The van der Waals surface area contributed by atoms with E-state index in [1.807, 2.05) is 4.90 Å². The summed E-state index contributed by atoms with van der Waals surface area (Å²) in [6, 6.07) is 6.97. The average Bonchev–Trinajstić information content (AvgIpc) is 3.36. The van der Waals surface area contributed by atoms with Crippen LogP contribution in [0.3, 0.4) is 0 Å². The van der Waals surface area contributed by atoms with Crippen LogP contribution in [0.15, 0.2) is 36.4 Å². The molecule has 0 unspecified atom stereocenters. The Bertz CT molecular complexity index is 777. The smallest absolute Gasteiger partial charge is 0.253 e. The number of hydrogen-bond donors (Lipinski definition) is 0. The summed E-state index contributed by atoms with van der Waals surface area (Å²) in [5.41, 5.74) is 1.21. The van der Waals surface area contributed by atoms with Gasteiger partial charge in [0.25, 0.3) is 5.91 Å². The number of hydrogen-bond acceptors (Lipinski definition) is 3. The number of carbonyl (C=O) groups excluding carboxylic acids is 3. The van der Waals surface area contributed by atoms with Crippen molar-refractivity contribution in [3.8, 4) is 0 Å². The molecule has 3 fully saturated rings. The number of carbonyl (C=O) groups is 3. The normalized spacial score (nSPS) is 32.5. The topological polar surface area (TPSA) is 57.7 Å². The van der Waals surface area contributed by atoms with Gasteiger partial charge in [-0.3, -0.25) is 19.3 Å². The number of piperidine rings is 1. The van der Waals surface area contributed by atoms with Crippen LogP contribution in [-0.2, 0) is 9.59 Å². The number of anilines is 1. The molecule has 134 valence electrons.